The van der Waals surface area contributed by atoms with E-state index >= 15 is 0 Å². The third-order valence-electron chi connectivity index (χ3n) is 1.38. The number of hydrogen-bond acceptors (Lipinski definition) is 3. The SMILES string of the molecule is CCS(=O)(=O)C(F)(F)C(F)(F)C(=O)F. The smallest absolute Gasteiger partial charge is 0.254 e. The molecule has 0 aromatic heterocycles. The normalized spacial score (nSPS) is 14.1. The highest BCUT2D eigenvalue weighted by atomic mass is 32.2. The molecule has 0 atom stereocenters. The molecule has 0 aliphatic rings. The van der Waals surface area contributed by atoms with Gasteiger partial charge in [0.1, 0.15) is 0 Å². The van der Waals surface area contributed by atoms with E-state index in [9.17, 15) is 35.2 Å². The molecule has 0 N–H and O–H groups in total. The first-order valence-corrected chi connectivity index (χ1v) is 4.83. The van der Waals surface area contributed by atoms with Gasteiger partial charge >= 0.3 is 17.2 Å². The van der Waals surface area contributed by atoms with Crippen LogP contribution in [-0.4, -0.2) is 31.4 Å². The van der Waals surface area contributed by atoms with Crippen LogP contribution in [0.15, 0.2) is 0 Å². The number of carbonyl (C=O) groups excluding carboxylic acids is 1. The largest absolute Gasteiger partial charge is 0.417 e. The van der Waals surface area contributed by atoms with Gasteiger partial charge in [-0.05, 0) is 0 Å². The lowest BCUT2D eigenvalue weighted by Crippen LogP contribution is -2.51. The maximum Gasteiger partial charge on any atom is 0.417 e. The fraction of sp³-hybridized carbons (Fsp3) is 0.800. The van der Waals surface area contributed by atoms with E-state index < -0.39 is 32.8 Å². The molecule has 0 saturated heterocycles. The summed E-state index contributed by atoms with van der Waals surface area (Å²) in [7, 11) is -5.54. The average Bonchev–Trinajstić information content (AvgIpc) is 2.03. The predicted molar refractivity (Wildman–Crippen MR) is 35.5 cm³/mol. The summed E-state index contributed by atoms with van der Waals surface area (Å²) in [5.41, 5.74) is 0. The van der Waals surface area contributed by atoms with Crippen LogP contribution in [-0.2, 0) is 14.6 Å². The van der Waals surface area contributed by atoms with Gasteiger partial charge in [-0.25, -0.2) is 8.42 Å². The zero-order valence-corrected chi connectivity index (χ0v) is 7.55. The van der Waals surface area contributed by atoms with Gasteiger partial charge in [-0.2, -0.15) is 22.0 Å². The molecule has 0 bridgehead atoms. The van der Waals surface area contributed by atoms with Crippen LogP contribution >= 0.6 is 0 Å². The number of carbonyl (C=O) groups is 1. The third kappa shape index (κ3) is 1.72. The molecule has 0 fully saturated rings. The van der Waals surface area contributed by atoms with Crippen molar-refractivity contribution in [2.75, 3.05) is 5.75 Å². The first-order chi connectivity index (χ1) is 6.00. The Balaban J connectivity index is 5.48. The van der Waals surface area contributed by atoms with Crippen molar-refractivity contribution in [3.8, 4) is 0 Å². The maximum atomic E-state index is 12.4. The van der Waals surface area contributed by atoms with Crippen molar-refractivity contribution in [1.82, 2.24) is 0 Å². The minimum Gasteiger partial charge on any atom is -0.254 e. The highest BCUT2D eigenvalue weighted by molar-refractivity contribution is 7.92. The number of sulfone groups is 1. The Morgan fingerprint density at radius 1 is 1.21 bits per heavy atom. The maximum absolute atomic E-state index is 12.4. The Kier molecular flexibility index (Phi) is 3.27. The molecule has 0 amide bonds. The topological polar surface area (TPSA) is 51.2 Å². The first-order valence-electron chi connectivity index (χ1n) is 3.18. The molecule has 0 heterocycles. The zero-order valence-electron chi connectivity index (χ0n) is 6.73. The molecule has 0 unspecified atom stereocenters. The summed E-state index contributed by atoms with van der Waals surface area (Å²) < 4.78 is 81.5. The fourth-order valence-corrected chi connectivity index (χ4v) is 1.32. The molecule has 3 nitrogen and oxygen atoms in total. The Morgan fingerprint density at radius 3 is 1.79 bits per heavy atom. The van der Waals surface area contributed by atoms with Gasteiger partial charge in [0.15, 0.2) is 0 Å². The highest BCUT2D eigenvalue weighted by Crippen LogP contribution is 2.40. The Labute approximate surface area is 75.8 Å². The number of alkyl halides is 4. The second kappa shape index (κ2) is 3.44. The lowest BCUT2D eigenvalue weighted by molar-refractivity contribution is -0.189. The van der Waals surface area contributed by atoms with Crippen molar-refractivity contribution >= 4 is 15.9 Å². The Hall–Kier alpha value is -0.730. The standard InChI is InChI=1S/C5H5F5O3S/c1-2-14(12,13)5(9,10)4(7,8)3(6)11/h2H2,1H3. The number of hydrogen-bond donors (Lipinski definition) is 0. The molecule has 0 aliphatic carbocycles. The molecule has 0 spiro atoms. The minimum atomic E-state index is -5.85. The third-order valence-corrected chi connectivity index (χ3v) is 3.18. The first kappa shape index (κ1) is 13.3. The summed E-state index contributed by atoms with van der Waals surface area (Å²) >= 11 is 0. The van der Waals surface area contributed by atoms with Crippen molar-refractivity contribution in [2.45, 2.75) is 18.1 Å². The van der Waals surface area contributed by atoms with Gasteiger partial charge in [0.25, 0.3) is 0 Å². The van der Waals surface area contributed by atoms with Crippen molar-refractivity contribution < 1.29 is 35.2 Å². The molecule has 0 aliphatic heterocycles. The van der Waals surface area contributed by atoms with Gasteiger partial charge < -0.3 is 0 Å². The van der Waals surface area contributed by atoms with Crippen LogP contribution in [0.5, 0.6) is 0 Å². The summed E-state index contributed by atoms with van der Waals surface area (Å²) in [5, 5.41) is -5.72. The Bertz CT molecular complexity index is 333. The van der Waals surface area contributed by atoms with E-state index in [4.69, 9.17) is 0 Å². The average molecular weight is 240 g/mol. The van der Waals surface area contributed by atoms with Gasteiger partial charge in [-0.15, -0.1) is 0 Å². The van der Waals surface area contributed by atoms with Crippen molar-refractivity contribution in [2.24, 2.45) is 0 Å². The molecule has 84 valence electrons. The van der Waals surface area contributed by atoms with E-state index in [2.05, 4.69) is 0 Å². The van der Waals surface area contributed by atoms with E-state index in [0.29, 0.717) is 6.92 Å². The molecule has 0 rings (SSSR count). The van der Waals surface area contributed by atoms with Gasteiger partial charge in [-0.3, -0.25) is 4.79 Å². The number of rotatable bonds is 4. The monoisotopic (exact) mass is 240 g/mol. The molecule has 9 heteroatoms. The van der Waals surface area contributed by atoms with Crippen LogP contribution in [0.2, 0.25) is 0 Å². The van der Waals surface area contributed by atoms with Gasteiger partial charge in [-0.1, -0.05) is 6.92 Å². The summed E-state index contributed by atoms with van der Waals surface area (Å²) in [6.45, 7) is 0.669. The van der Waals surface area contributed by atoms with E-state index in [1.54, 1.807) is 0 Å². The van der Waals surface area contributed by atoms with Crippen LogP contribution in [0.1, 0.15) is 6.92 Å². The quantitative estimate of drug-likeness (QED) is 0.547. The molecule has 0 saturated carbocycles. The van der Waals surface area contributed by atoms with E-state index in [1.165, 1.54) is 0 Å². The Morgan fingerprint density at radius 2 is 1.57 bits per heavy atom. The predicted octanol–water partition coefficient (Wildman–Crippen LogP) is 1.15. The van der Waals surface area contributed by atoms with Gasteiger partial charge in [0.05, 0.1) is 5.75 Å². The molecular formula is C5H5F5O3S. The van der Waals surface area contributed by atoms with E-state index in [0.717, 1.165) is 0 Å². The molecule has 0 radical (unpaired) electrons. The van der Waals surface area contributed by atoms with Crippen molar-refractivity contribution in [3.05, 3.63) is 0 Å². The summed E-state index contributed by atoms with van der Waals surface area (Å²) in [6.07, 6.45) is 0. The van der Waals surface area contributed by atoms with Crippen LogP contribution in [0.4, 0.5) is 22.0 Å². The zero-order chi connectivity index (χ0) is 11.8. The minimum absolute atomic E-state index is 0.669. The van der Waals surface area contributed by atoms with Crippen LogP contribution in [0, 0.1) is 0 Å². The molecule has 14 heavy (non-hydrogen) atoms. The molecular weight excluding hydrogens is 235 g/mol. The second-order valence-electron chi connectivity index (χ2n) is 2.27. The summed E-state index contributed by atoms with van der Waals surface area (Å²) in [6, 6.07) is -3.68. The number of halogens is 5. The lowest BCUT2D eigenvalue weighted by Gasteiger charge is -2.21. The highest BCUT2D eigenvalue weighted by Gasteiger charge is 2.69. The van der Waals surface area contributed by atoms with Crippen molar-refractivity contribution in [1.29, 1.82) is 0 Å². The van der Waals surface area contributed by atoms with Crippen molar-refractivity contribution in [3.63, 3.8) is 0 Å². The molecule has 0 aromatic carbocycles. The van der Waals surface area contributed by atoms with Crippen LogP contribution in [0.25, 0.3) is 0 Å². The summed E-state index contributed by atoms with van der Waals surface area (Å²) in [4.78, 5) is 9.51. The second-order valence-corrected chi connectivity index (χ2v) is 4.59. The van der Waals surface area contributed by atoms with E-state index in [1.807, 2.05) is 0 Å². The fourth-order valence-electron chi connectivity index (χ4n) is 0.491. The summed E-state index contributed by atoms with van der Waals surface area (Å²) in [5.74, 6) is -7.18. The van der Waals surface area contributed by atoms with Crippen LogP contribution < -0.4 is 0 Å². The van der Waals surface area contributed by atoms with Crippen LogP contribution in [0.3, 0.4) is 0 Å². The lowest BCUT2D eigenvalue weighted by atomic mass is 10.4. The van der Waals surface area contributed by atoms with Gasteiger partial charge in [0.2, 0.25) is 9.84 Å². The van der Waals surface area contributed by atoms with E-state index in [-0.39, 0.29) is 0 Å². The van der Waals surface area contributed by atoms with Gasteiger partial charge in [0, 0.05) is 0 Å². The molecule has 0 aromatic rings.